The topological polar surface area (TPSA) is 38.0 Å². The van der Waals surface area contributed by atoms with Gasteiger partial charge in [-0.1, -0.05) is 31.2 Å². The second-order valence-corrected chi connectivity index (χ2v) is 7.41. The van der Waals surface area contributed by atoms with Gasteiger partial charge in [-0.15, -0.1) is 0 Å². The first-order valence-corrected chi connectivity index (χ1v) is 10.5. The van der Waals surface area contributed by atoms with Crippen LogP contribution in [0.4, 0.5) is 26.3 Å². The first-order chi connectivity index (χ1) is 15.5. The molecule has 1 aromatic heterocycles. The minimum Gasteiger partial charge on any atom is -0.508 e. The van der Waals surface area contributed by atoms with E-state index >= 15 is 0 Å². The van der Waals surface area contributed by atoms with Crippen molar-refractivity contribution in [1.29, 1.82) is 0 Å². The lowest BCUT2D eigenvalue weighted by Gasteiger charge is -2.11. The summed E-state index contributed by atoms with van der Waals surface area (Å²) in [4.78, 5) is 0. The van der Waals surface area contributed by atoms with E-state index in [0.29, 0.717) is 23.8 Å². The highest BCUT2D eigenvalue weighted by Crippen LogP contribution is 2.31. The average Bonchev–Trinajstić information content (AvgIpc) is 3.16. The molecule has 2 heterocycles. The molecule has 1 aliphatic heterocycles. The summed E-state index contributed by atoms with van der Waals surface area (Å²) in [5.41, 5.74) is 0.763. The number of phenols is 1. The number of alkyl halides is 6. The van der Waals surface area contributed by atoms with Gasteiger partial charge in [0.2, 0.25) is 0 Å². The van der Waals surface area contributed by atoms with Crippen molar-refractivity contribution in [2.45, 2.75) is 58.4 Å². The van der Waals surface area contributed by atoms with E-state index in [1.54, 1.807) is 26.0 Å². The maximum Gasteiger partial charge on any atom is 0.416 e. The number of aromatic nitrogens is 2. The molecule has 9 heteroatoms. The van der Waals surface area contributed by atoms with E-state index in [-0.39, 0.29) is 5.75 Å². The smallest absolute Gasteiger partial charge is 0.416 e. The predicted octanol–water partition coefficient (Wildman–Crippen LogP) is 7.49. The number of phenolic OH excluding ortho intramolecular Hbond substituents is 1. The van der Waals surface area contributed by atoms with Crippen LogP contribution in [0, 0.1) is 0 Å². The molecule has 0 saturated carbocycles. The van der Waals surface area contributed by atoms with Crippen molar-refractivity contribution >= 4 is 5.57 Å². The van der Waals surface area contributed by atoms with E-state index in [1.807, 2.05) is 10.7 Å². The maximum absolute atomic E-state index is 13.1. The average molecular weight is 472 g/mol. The number of hydrogen-bond acceptors (Lipinski definition) is 2. The third kappa shape index (κ3) is 7.83. The van der Waals surface area contributed by atoms with Crippen LogP contribution in [-0.4, -0.2) is 21.1 Å². The summed E-state index contributed by atoms with van der Waals surface area (Å²) in [6, 6.07) is 5.83. The third-order valence-electron chi connectivity index (χ3n) is 4.79. The summed E-state index contributed by atoms with van der Waals surface area (Å²) in [6.45, 7) is 4.33. The van der Waals surface area contributed by atoms with Crippen LogP contribution in [0.3, 0.4) is 0 Å². The monoisotopic (exact) mass is 472 g/mol. The minimum atomic E-state index is -4.38. The first kappa shape index (κ1) is 26.3. The molecule has 0 saturated heterocycles. The Morgan fingerprint density at radius 1 is 1.12 bits per heavy atom. The van der Waals surface area contributed by atoms with Gasteiger partial charge in [0.05, 0.1) is 16.8 Å². The van der Waals surface area contributed by atoms with E-state index in [9.17, 15) is 26.3 Å². The summed E-state index contributed by atoms with van der Waals surface area (Å²) in [5.74, 6) is -0.375. The molecule has 1 aliphatic rings. The zero-order chi connectivity index (χ0) is 24.6. The van der Waals surface area contributed by atoms with Crippen molar-refractivity contribution in [2.75, 3.05) is 0 Å². The van der Waals surface area contributed by atoms with Crippen molar-refractivity contribution in [2.24, 2.45) is 0 Å². The van der Waals surface area contributed by atoms with Crippen LogP contribution in [0.25, 0.3) is 5.57 Å². The van der Waals surface area contributed by atoms with Gasteiger partial charge < -0.3 is 5.11 Å². The second-order valence-electron chi connectivity index (χ2n) is 7.41. The van der Waals surface area contributed by atoms with E-state index in [4.69, 9.17) is 5.11 Å². The summed E-state index contributed by atoms with van der Waals surface area (Å²) in [6.07, 6.45) is 0.560. The number of fused-ring (bicyclic) bond motifs is 1. The summed E-state index contributed by atoms with van der Waals surface area (Å²) >= 11 is 0. The fraction of sp³-hybridized carbons (Fsp3) is 0.375. The molecule has 180 valence electrons. The molecule has 3 rings (SSSR count). The molecule has 0 fully saturated rings. The fourth-order valence-corrected chi connectivity index (χ4v) is 3.27. The molecule has 1 N–H and O–H groups in total. The van der Waals surface area contributed by atoms with Gasteiger partial charge in [-0.25, -0.2) is 0 Å². The molecule has 0 unspecified atom stereocenters. The van der Waals surface area contributed by atoms with E-state index in [0.717, 1.165) is 43.6 Å². The SMILES string of the molecule is C\C=C/C(=C\C(=C\CC)C(F)(F)F)c1cc2n(n1)CCCC2.Oc1cccc(C(F)(F)F)c1. The van der Waals surface area contributed by atoms with Gasteiger partial charge in [0, 0.05) is 17.8 Å². The highest BCUT2D eigenvalue weighted by Gasteiger charge is 2.32. The molecular weight excluding hydrogens is 446 g/mol. The maximum atomic E-state index is 13.1. The number of halogens is 6. The molecule has 0 radical (unpaired) electrons. The van der Waals surface area contributed by atoms with Crippen LogP contribution < -0.4 is 0 Å². The quantitative estimate of drug-likeness (QED) is 0.370. The molecule has 33 heavy (non-hydrogen) atoms. The highest BCUT2D eigenvalue weighted by atomic mass is 19.4. The van der Waals surface area contributed by atoms with Gasteiger partial charge in [0.15, 0.2) is 0 Å². The summed E-state index contributed by atoms with van der Waals surface area (Å²) < 4.78 is 76.7. The Hall–Kier alpha value is -2.97. The fourth-order valence-electron chi connectivity index (χ4n) is 3.27. The van der Waals surface area contributed by atoms with Crippen LogP contribution >= 0.6 is 0 Å². The lowest BCUT2D eigenvalue weighted by atomic mass is 10.0. The Kier molecular flexibility index (Phi) is 8.96. The number of rotatable bonds is 4. The number of hydrogen-bond donors (Lipinski definition) is 1. The Morgan fingerprint density at radius 2 is 1.85 bits per heavy atom. The minimum absolute atomic E-state index is 0.341. The van der Waals surface area contributed by atoms with Gasteiger partial charge in [0.25, 0.3) is 0 Å². The summed E-state index contributed by atoms with van der Waals surface area (Å²) in [5, 5.41) is 13.1. The second kappa shape index (κ2) is 11.2. The van der Waals surface area contributed by atoms with Gasteiger partial charge in [-0.3, -0.25) is 4.68 Å². The van der Waals surface area contributed by atoms with Crippen molar-refractivity contribution in [1.82, 2.24) is 9.78 Å². The number of aromatic hydroxyl groups is 1. The number of aryl methyl sites for hydroxylation is 2. The summed E-state index contributed by atoms with van der Waals surface area (Å²) in [7, 11) is 0. The third-order valence-corrected chi connectivity index (χ3v) is 4.79. The predicted molar refractivity (Wildman–Crippen MR) is 115 cm³/mol. The highest BCUT2D eigenvalue weighted by molar-refractivity contribution is 5.74. The molecule has 1 aromatic carbocycles. The Balaban J connectivity index is 0.000000294. The number of nitrogens with zero attached hydrogens (tertiary/aromatic N) is 2. The molecule has 0 amide bonds. The Bertz CT molecular complexity index is 989. The normalized spacial score (nSPS) is 15.3. The van der Waals surface area contributed by atoms with Crippen molar-refractivity contribution < 1.29 is 31.4 Å². The standard InChI is InChI=1S/C17H21F3N2.C7H5F3O/c1-3-7-13(11-14(8-4-2)17(18,19)20)16-12-15-9-5-6-10-22(15)21-16;8-7(9,10)5-2-1-3-6(11)4-5/h3,7-8,11-12H,4-6,9-10H2,1-2H3;1-4,11H/b7-3-,13-11+,14-8-;. The van der Waals surface area contributed by atoms with Gasteiger partial charge in [-0.2, -0.15) is 31.4 Å². The number of benzene rings is 1. The zero-order valence-corrected chi connectivity index (χ0v) is 18.3. The lowest BCUT2D eigenvalue weighted by molar-refractivity contribution is -0.137. The van der Waals surface area contributed by atoms with Crippen molar-refractivity contribution in [3.05, 3.63) is 77.2 Å². The van der Waals surface area contributed by atoms with E-state index in [2.05, 4.69) is 5.10 Å². The van der Waals surface area contributed by atoms with Gasteiger partial charge in [-0.05, 0) is 62.9 Å². The van der Waals surface area contributed by atoms with Gasteiger partial charge in [0.1, 0.15) is 5.75 Å². The van der Waals surface area contributed by atoms with Gasteiger partial charge >= 0.3 is 12.4 Å². The van der Waals surface area contributed by atoms with Crippen molar-refractivity contribution in [3.63, 3.8) is 0 Å². The largest absolute Gasteiger partial charge is 0.508 e. The Labute approximate surface area is 188 Å². The number of allylic oxidation sites excluding steroid dienone is 6. The van der Waals surface area contributed by atoms with Crippen molar-refractivity contribution in [3.8, 4) is 5.75 Å². The molecule has 0 spiro atoms. The van der Waals surface area contributed by atoms with Crippen LogP contribution in [0.15, 0.2) is 60.2 Å². The van der Waals surface area contributed by atoms with Crippen LogP contribution in [0.2, 0.25) is 0 Å². The molecule has 0 bridgehead atoms. The molecular formula is C24H26F6N2O. The zero-order valence-electron chi connectivity index (χ0n) is 18.3. The molecule has 3 nitrogen and oxygen atoms in total. The van der Waals surface area contributed by atoms with E-state index < -0.39 is 23.5 Å². The first-order valence-electron chi connectivity index (χ1n) is 10.5. The van der Waals surface area contributed by atoms with Crippen LogP contribution in [0.5, 0.6) is 5.75 Å². The lowest BCUT2D eigenvalue weighted by Crippen LogP contribution is -2.11. The molecule has 0 atom stereocenters. The van der Waals surface area contributed by atoms with Crippen LogP contribution in [0.1, 0.15) is 50.1 Å². The molecule has 0 aliphatic carbocycles. The van der Waals surface area contributed by atoms with E-state index in [1.165, 1.54) is 18.2 Å². The molecule has 2 aromatic rings. The van der Waals surface area contributed by atoms with Crippen LogP contribution in [-0.2, 0) is 19.1 Å². The Morgan fingerprint density at radius 3 is 2.36 bits per heavy atom.